The third-order valence-electron chi connectivity index (χ3n) is 15.0. The van der Waals surface area contributed by atoms with E-state index in [9.17, 15) is 70.0 Å². The molecule has 0 aromatic heterocycles. The second kappa shape index (κ2) is 48.8. The Hall–Kier alpha value is 0.800. The van der Waals surface area contributed by atoms with Gasteiger partial charge in [0.25, 0.3) is 0 Å². The second-order valence-corrected chi connectivity index (χ2v) is 34.1. The van der Waals surface area contributed by atoms with Gasteiger partial charge in [0.2, 0.25) is 5.91 Å². The SMILES string of the molecule is COP([O-])(=S)OCCCCOCC(COCCCOP(=O)([S-])OCCCCOC[C@@H]1OC(CO)[C@H](O)[C@H](O)C1C)(COCCCOP([O-])(=S)OCCCCO[C@@H]1OC(CO)[C@H](O)[C@H](O)C1C)COCCCOP([O-])(=S)OCCCCO[C@@H]1OC(CO)[C@H](O)[C@H](O)C1NC(C)=O. The highest BCUT2D eigenvalue weighted by atomic mass is 32.7. The molecule has 33 nitrogen and oxygen atoms in total. The number of carbonyl (C=O) groups excluding carboxylic acids is 1. The van der Waals surface area contributed by atoms with Gasteiger partial charge in [-0.05, 0) is 70.6 Å². The summed E-state index contributed by atoms with van der Waals surface area (Å²) >= 11 is 20.1. The molecule has 564 valence electrons. The Kier molecular flexibility index (Phi) is 46.2. The van der Waals surface area contributed by atoms with Gasteiger partial charge in [-0.3, -0.25) is 9.36 Å². The summed E-state index contributed by atoms with van der Waals surface area (Å²) < 4.78 is 114. The molecule has 0 spiro atoms. The van der Waals surface area contributed by atoms with Crippen LogP contribution in [0, 0.1) is 17.3 Å². The van der Waals surface area contributed by atoms with Crippen molar-refractivity contribution in [3.63, 3.8) is 0 Å². The smallest absolute Gasteiger partial charge is 0.217 e. The molecular weight excluding hydrogens is 1430 g/mol. The molecule has 95 heavy (non-hydrogen) atoms. The van der Waals surface area contributed by atoms with E-state index < -0.39 is 150 Å². The van der Waals surface area contributed by atoms with Crippen LogP contribution in [-0.2, 0) is 141 Å². The van der Waals surface area contributed by atoms with Crippen LogP contribution >= 0.6 is 27.0 Å². The van der Waals surface area contributed by atoms with E-state index >= 15 is 0 Å². The molecule has 0 aliphatic carbocycles. The van der Waals surface area contributed by atoms with Gasteiger partial charge in [-0.15, -0.1) is 0 Å². The molecule has 3 heterocycles. The number of nitrogens with one attached hydrogen (secondary N) is 1. The maximum absolute atomic E-state index is 13.0. The molecule has 3 rings (SSSR count). The van der Waals surface area contributed by atoms with Gasteiger partial charge in [0.1, 0.15) is 68.9 Å². The summed E-state index contributed by atoms with van der Waals surface area (Å²) in [6.07, 6.45) is -9.39. The first kappa shape index (κ1) is 90.0. The van der Waals surface area contributed by atoms with E-state index in [1.807, 2.05) is 0 Å². The minimum atomic E-state index is -3.96. The van der Waals surface area contributed by atoms with Gasteiger partial charge in [-0.1, -0.05) is 49.3 Å². The molecule has 0 aromatic carbocycles. The van der Waals surface area contributed by atoms with Crippen molar-refractivity contribution < 1.29 is 154 Å². The third kappa shape index (κ3) is 36.4. The molecule has 3 aliphatic heterocycles. The molecule has 0 saturated carbocycles. The van der Waals surface area contributed by atoms with Gasteiger partial charge in [-0.25, -0.2) is 0 Å². The topological polar surface area (TPSA) is 464 Å². The zero-order valence-electron chi connectivity index (χ0n) is 54.3. The molecule has 0 aromatic rings. The van der Waals surface area contributed by atoms with Crippen molar-refractivity contribution in [3.8, 4) is 0 Å². The normalized spacial score (nSPS) is 29.8. The second-order valence-electron chi connectivity index (χ2n) is 23.0. The van der Waals surface area contributed by atoms with Gasteiger partial charge in [-0.2, -0.15) is 0 Å². The van der Waals surface area contributed by atoms with Crippen molar-refractivity contribution in [2.75, 3.05) is 152 Å². The van der Waals surface area contributed by atoms with Crippen molar-refractivity contribution in [1.82, 2.24) is 5.32 Å². The summed E-state index contributed by atoms with van der Waals surface area (Å²) in [7, 11) is 1.19. The Morgan fingerprint density at radius 1 is 0.463 bits per heavy atom. The molecule has 0 radical (unpaired) electrons. The number of rotatable bonds is 56. The molecule has 1 amide bonds. The van der Waals surface area contributed by atoms with Gasteiger partial charge in [0.05, 0.1) is 123 Å². The van der Waals surface area contributed by atoms with Crippen molar-refractivity contribution in [3.05, 3.63) is 0 Å². The Morgan fingerprint density at radius 3 is 1.24 bits per heavy atom. The number of hydrogen-bond donors (Lipinski definition) is 10. The standard InChI is InChI=1S/C54H107NO32P4S4/c1-38-44(85-41(30-56)48(62)46(38)60)33-71-16-5-9-24-79-89(67,93)82-27-13-18-73-35-54(34-72-17-6-10-23-78-88(66,92)70-4,36-74-19-14-28-83-90(68,94)80-25-11-7-21-76-52-39(2)47(61)49(63)42(31-57)86-52)37-75-20-15-29-84-91(69,95)81-26-12-8-22-77-53-45(55-40(3)59)51(65)50(64)43(32-58)87-53/h38-39,41-53,56-58,60-65H,5-37H2,1-4H3,(H,55,59)(H,66,92)(H,67,93)(H,68,94)(H,69,95)/p-4/t38?,39?,41?,42?,43?,44-,45?,46+,47+,48-,49-,50-,51+,52+,53+,54?,88?,89?,90?,91?/m0/s1. The van der Waals surface area contributed by atoms with Crippen LogP contribution in [0.15, 0.2) is 0 Å². The maximum Gasteiger partial charge on any atom is 0.217 e. The fourth-order valence-corrected chi connectivity index (χ4v) is 13.8. The van der Waals surface area contributed by atoms with Crippen LogP contribution in [0.4, 0.5) is 0 Å². The summed E-state index contributed by atoms with van der Waals surface area (Å²) in [4.78, 5) is 49.8. The summed E-state index contributed by atoms with van der Waals surface area (Å²) in [5.41, 5.74) is -1.02. The lowest BCUT2D eigenvalue weighted by Gasteiger charge is -2.42. The van der Waals surface area contributed by atoms with Gasteiger partial charge < -0.3 is 162 Å². The fraction of sp³-hybridized carbons (Fsp3) is 0.981. The van der Waals surface area contributed by atoms with Crippen molar-refractivity contribution in [1.29, 1.82) is 0 Å². The minimum absolute atomic E-state index is 0.0133. The summed E-state index contributed by atoms with van der Waals surface area (Å²) in [6.45, 7) is -11.7. The van der Waals surface area contributed by atoms with Crippen LogP contribution in [0.3, 0.4) is 0 Å². The quantitative estimate of drug-likeness (QED) is 0.0192. The van der Waals surface area contributed by atoms with Gasteiger partial charge in [0.15, 0.2) is 19.4 Å². The molecule has 10 N–H and O–H groups in total. The highest BCUT2D eigenvalue weighted by molar-refractivity contribution is 8.32. The highest BCUT2D eigenvalue weighted by Gasteiger charge is 2.46. The van der Waals surface area contributed by atoms with Crippen molar-refractivity contribution in [2.24, 2.45) is 17.3 Å². The molecule has 3 fully saturated rings. The third-order valence-corrected chi connectivity index (χ3v) is 21.6. The largest absolute Gasteiger partial charge is 0.780 e. The van der Waals surface area contributed by atoms with E-state index in [1.54, 1.807) is 13.8 Å². The molecule has 11 unspecified atom stereocenters. The Balaban J connectivity index is 1.54. The first-order chi connectivity index (χ1) is 45.1. The number of hydrogen-bond acceptors (Lipinski definition) is 36. The van der Waals surface area contributed by atoms with Crippen LogP contribution < -0.4 is 20.0 Å². The van der Waals surface area contributed by atoms with Crippen molar-refractivity contribution >= 4 is 80.5 Å². The Bertz CT molecular complexity index is 2260. The van der Waals surface area contributed by atoms with Crippen LogP contribution in [-0.4, -0.2) is 284 Å². The minimum Gasteiger partial charge on any atom is -0.780 e. The maximum atomic E-state index is 13.0. The number of ether oxygens (including phenoxy) is 10. The van der Waals surface area contributed by atoms with Crippen LogP contribution in [0.2, 0.25) is 0 Å². The Morgan fingerprint density at radius 2 is 0.800 bits per heavy atom. The van der Waals surface area contributed by atoms with E-state index in [0.29, 0.717) is 51.4 Å². The molecule has 20 atom stereocenters. The van der Waals surface area contributed by atoms with E-state index in [4.69, 9.17) is 131 Å². The number of aliphatic hydroxyl groups is 9. The predicted octanol–water partition coefficient (Wildman–Crippen LogP) is -1.31. The lowest BCUT2D eigenvalue weighted by molar-refractivity contribution is -0.282. The summed E-state index contributed by atoms with van der Waals surface area (Å²) in [5.74, 6) is -1.50. The zero-order valence-corrected chi connectivity index (χ0v) is 61.2. The first-order valence-corrected chi connectivity index (χ1v) is 41.9. The van der Waals surface area contributed by atoms with Crippen molar-refractivity contribution in [2.45, 2.75) is 171 Å². The lowest BCUT2D eigenvalue weighted by atomic mass is 9.88. The number of aliphatic hydroxyl groups excluding tert-OH is 9. The highest BCUT2D eigenvalue weighted by Crippen LogP contribution is 2.46. The van der Waals surface area contributed by atoms with Crippen LogP contribution in [0.1, 0.15) is 91.4 Å². The number of amides is 1. The van der Waals surface area contributed by atoms with Crippen LogP contribution in [0.5, 0.6) is 0 Å². The molecule has 3 aliphatic rings. The summed E-state index contributed by atoms with van der Waals surface area (Å²) in [5, 5.41) is 92.6. The molecule has 41 heteroatoms. The zero-order chi connectivity index (χ0) is 70.5. The Labute approximate surface area is 577 Å². The molecule has 0 bridgehead atoms. The van der Waals surface area contributed by atoms with E-state index in [2.05, 4.69) is 5.32 Å². The number of unbranched alkanes of at least 4 members (excludes halogenated alkanes) is 4. The first-order valence-electron chi connectivity index (χ1n) is 31.6. The average molecular weight is 1530 g/mol. The van der Waals surface area contributed by atoms with E-state index in [-0.39, 0.29) is 145 Å². The molecule has 3 saturated heterocycles. The molecular formula is C54H103NO32P4S4-4. The summed E-state index contributed by atoms with van der Waals surface area (Å²) in [6, 6.07) is -1.11. The average Bonchev–Trinajstić information content (AvgIpc) is 0.854. The number of carbonyl (C=O) groups is 1. The van der Waals surface area contributed by atoms with Gasteiger partial charge in [0, 0.05) is 72.1 Å². The van der Waals surface area contributed by atoms with Gasteiger partial charge >= 0.3 is 0 Å². The fourth-order valence-electron chi connectivity index (χ4n) is 9.45. The van der Waals surface area contributed by atoms with E-state index in [1.165, 1.54) is 14.0 Å². The predicted molar refractivity (Wildman–Crippen MR) is 345 cm³/mol. The van der Waals surface area contributed by atoms with Crippen LogP contribution in [0.25, 0.3) is 0 Å². The lowest BCUT2D eigenvalue weighted by Crippen LogP contribution is -2.64. The monoisotopic (exact) mass is 1530 g/mol. The van der Waals surface area contributed by atoms with E-state index in [0.717, 1.165) is 0 Å².